The van der Waals surface area contributed by atoms with E-state index in [1.54, 1.807) is 12.1 Å². The second-order valence-electron chi connectivity index (χ2n) is 7.35. The summed E-state index contributed by atoms with van der Waals surface area (Å²) in [5.74, 6) is 0.476. The molecule has 0 saturated carbocycles. The van der Waals surface area contributed by atoms with Crippen LogP contribution in [0.1, 0.15) is 12.8 Å². The molecule has 0 bridgehead atoms. The van der Waals surface area contributed by atoms with Gasteiger partial charge in [-0.1, -0.05) is 0 Å². The number of methoxy groups -OCH3 is 2. The van der Waals surface area contributed by atoms with E-state index in [1.807, 2.05) is 11.9 Å². The molecule has 0 radical (unpaired) electrons. The molecular weight excluding hydrogens is 382 g/mol. The van der Waals surface area contributed by atoms with E-state index in [9.17, 15) is 13.2 Å². The zero-order chi connectivity index (χ0) is 20.3. The highest BCUT2D eigenvalue weighted by Gasteiger charge is 2.37. The van der Waals surface area contributed by atoms with Crippen LogP contribution < -0.4 is 9.47 Å². The van der Waals surface area contributed by atoms with Gasteiger partial charge in [-0.25, -0.2) is 8.42 Å². The minimum absolute atomic E-state index is 0.0607. The minimum atomic E-state index is -3.79. The molecule has 1 aromatic carbocycles. The predicted octanol–water partition coefficient (Wildman–Crippen LogP) is 0.879. The van der Waals surface area contributed by atoms with E-state index in [0.717, 1.165) is 13.1 Å². The Kier molecular flexibility index (Phi) is 6.47. The number of hydrogen-bond donors (Lipinski definition) is 0. The van der Waals surface area contributed by atoms with Crippen LogP contribution in [0.15, 0.2) is 23.1 Å². The molecule has 2 fully saturated rings. The fraction of sp³-hybridized carbons (Fsp3) is 0.632. The van der Waals surface area contributed by atoms with Gasteiger partial charge < -0.3 is 19.3 Å². The summed E-state index contributed by atoms with van der Waals surface area (Å²) in [5.41, 5.74) is 0. The van der Waals surface area contributed by atoms with E-state index in [2.05, 4.69) is 4.90 Å². The van der Waals surface area contributed by atoms with Gasteiger partial charge in [0.15, 0.2) is 0 Å². The Morgan fingerprint density at radius 1 is 1.07 bits per heavy atom. The molecule has 9 heteroatoms. The second-order valence-corrected chi connectivity index (χ2v) is 9.25. The first-order valence-corrected chi connectivity index (χ1v) is 11.0. The predicted molar refractivity (Wildman–Crippen MR) is 105 cm³/mol. The number of carbonyl (C=O) groups excluding carboxylic acids is 1. The van der Waals surface area contributed by atoms with Gasteiger partial charge >= 0.3 is 0 Å². The molecule has 0 spiro atoms. The van der Waals surface area contributed by atoms with Crippen LogP contribution >= 0.6 is 0 Å². The van der Waals surface area contributed by atoms with E-state index < -0.39 is 10.0 Å². The van der Waals surface area contributed by atoms with Crippen molar-refractivity contribution in [3.63, 3.8) is 0 Å². The molecule has 2 aliphatic heterocycles. The lowest BCUT2D eigenvalue weighted by Gasteiger charge is -2.37. The number of amides is 1. The van der Waals surface area contributed by atoms with Crippen molar-refractivity contribution in [1.29, 1.82) is 0 Å². The van der Waals surface area contributed by atoms with Gasteiger partial charge in [0.2, 0.25) is 15.9 Å². The summed E-state index contributed by atoms with van der Waals surface area (Å²) in [4.78, 5) is 17.1. The molecule has 3 rings (SSSR count). The summed E-state index contributed by atoms with van der Waals surface area (Å²) < 4.78 is 38.4. The van der Waals surface area contributed by atoms with Crippen molar-refractivity contribution < 1.29 is 22.7 Å². The van der Waals surface area contributed by atoms with Gasteiger partial charge in [0, 0.05) is 45.3 Å². The SMILES string of the molecule is COc1ccc(OC)c(S(=O)(=O)N2CCC[C@H](C(=O)N3CCN(C)CC3)C2)c1. The molecule has 1 atom stereocenters. The fourth-order valence-electron chi connectivity index (χ4n) is 3.77. The Morgan fingerprint density at radius 2 is 1.79 bits per heavy atom. The molecular formula is C19H29N3O5S. The zero-order valence-corrected chi connectivity index (χ0v) is 17.6. The van der Waals surface area contributed by atoms with Crippen LogP contribution in [-0.2, 0) is 14.8 Å². The van der Waals surface area contributed by atoms with Gasteiger partial charge in [-0.3, -0.25) is 4.79 Å². The molecule has 0 aliphatic carbocycles. The van der Waals surface area contributed by atoms with Crippen LogP contribution in [0.5, 0.6) is 11.5 Å². The van der Waals surface area contributed by atoms with Crippen molar-refractivity contribution in [1.82, 2.24) is 14.1 Å². The maximum Gasteiger partial charge on any atom is 0.246 e. The van der Waals surface area contributed by atoms with Gasteiger partial charge in [0.05, 0.1) is 20.1 Å². The number of piperazine rings is 1. The van der Waals surface area contributed by atoms with Crippen LogP contribution in [0.3, 0.4) is 0 Å². The summed E-state index contributed by atoms with van der Waals surface area (Å²) in [6, 6.07) is 4.72. The second kappa shape index (κ2) is 8.67. The first-order chi connectivity index (χ1) is 13.4. The first kappa shape index (κ1) is 20.9. The normalized spacial score (nSPS) is 22.1. The maximum atomic E-state index is 13.3. The average Bonchev–Trinajstić information content (AvgIpc) is 2.73. The number of hydrogen-bond acceptors (Lipinski definition) is 6. The summed E-state index contributed by atoms with van der Waals surface area (Å²) in [6.07, 6.45) is 1.38. The summed E-state index contributed by atoms with van der Waals surface area (Å²) in [6.45, 7) is 3.69. The third-order valence-electron chi connectivity index (χ3n) is 5.54. The monoisotopic (exact) mass is 411 g/mol. The Labute approximate surface area is 167 Å². The van der Waals surface area contributed by atoms with E-state index in [1.165, 1.54) is 24.6 Å². The average molecular weight is 412 g/mol. The summed E-state index contributed by atoms with van der Waals surface area (Å²) in [5, 5.41) is 0. The van der Waals surface area contributed by atoms with Crippen molar-refractivity contribution in [2.75, 3.05) is 60.5 Å². The smallest absolute Gasteiger partial charge is 0.246 e. The molecule has 156 valence electrons. The quantitative estimate of drug-likeness (QED) is 0.716. The van der Waals surface area contributed by atoms with E-state index in [-0.39, 0.29) is 29.0 Å². The first-order valence-electron chi connectivity index (χ1n) is 9.56. The van der Waals surface area contributed by atoms with Crippen LogP contribution in [0.25, 0.3) is 0 Å². The molecule has 2 aliphatic rings. The van der Waals surface area contributed by atoms with Crippen LogP contribution in [0, 0.1) is 5.92 Å². The number of benzene rings is 1. The highest BCUT2D eigenvalue weighted by molar-refractivity contribution is 7.89. The van der Waals surface area contributed by atoms with Crippen LogP contribution in [0.4, 0.5) is 0 Å². The zero-order valence-electron chi connectivity index (χ0n) is 16.8. The lowest BCUT2D eigenvalue weighted by atomic mass is 9.98. The van der Waals surface area contributed by atoms with Gasteiger partial charge in [-0.15, -0.1) is 0 Å². The van der Waals surface area contributed by atoms with Crippen molar-refractivity contribution in [3.05, 3.63) is 18.2 Å². The van der Waals surface area contributed by atoms with Crippen molar-refractivity contribution >= 4 is 15.9 Å². The lowest BCUT2D eigenvalue weighted by molar-refractivity contribution is -0.138. The molecule has 0 unspecified atom stereocenters. The topological polar surface area (TPSA) is 79.4 Å². The van der Waals surface area contributed by atoms with Crippen molar-refractivity contribution in [2.45, 2.75) is 17.7 Å². The molecule has 28 heavy (non-hydrogen) atoms. The van der Waals surface area contributed by atoms with Gasteiger partial charge in [0.1, 0.15) is 16.4 Å². The van der Waals surface area contributed by atoms with Gasteiger partial charge in [-0.05, 0) is 32.0 Å². The molecule has 1 amide bonds. The van der Waals surface area contributed by atoms with E-state index in [4.69, 9.17) is 9.47 Å². The molecule has 0 N–H and O–H groups in total. The van der Waals surface area contributed by atoms with Crippen LogP contribution in [0.2, 0.25) is 0 Å². The van der Waals surface area contributed by atoms with Gasteiger partial charge in [0.25, 0.3) is 0 Å². The number of likely N-dealkylation sites (N-methyl/N-ethyl adjacent to an activating group) is 1. The maximum absolute atomic E-state index is 13.3. The molecule has 0 aromatic heterocycles. The van der Waals surface area contributed by atoms with E-state index >= 15 is 0 Å². The number of piperidine rings is 1. The standard InChI is InChI=1S/C19H29N3O5S/c1-20-9-11-21(12-10-20)19(23)15-5-4-8-22(14-15)28(24,25)18-13-16(26-2)6-7-17(18)27-3/h6-7,13,15H,4-5,8-12,14H2,1-3H3/t15-/m0/s1. The third-order valence-corrected chi connectivity index (χ3v) is 7.42. The Morgan fingerprint density at radius 3 is 2.43 bits per heavy atom. The third kappa shape index (κ3) is 4.26. The Balaban J connectivity index is 1.79. The highest BCUT2D eigenvalue weighted by Crippen LogP contribution is 2.33. The summed E-state index contributed by atoms with van der Waals surface area (Å²) in [7, 11) is 1.18. The van der Waals surface area contributed by atoms with Crippen molar-refractivity contribution in [3.8, 4) is 11.5 Å². The summed E-state index contributed by atoms with van der Waals surface area (Å²) >= 11 is 0. The Hall–Kier alpha value is -1.84. The van der Waals surface area contributed by atoms with E-state index in [0.29, 0.717) is 38.2 Å². The number of sulfonamides is 1. The number of rotatable bonds is 5. The molecule has 8 nitrogen and oxygen atoms in total. The molecule has 1 aromatic rings. The van der Waals surface area contributed by atoms with Crippen molar-refractivity contribution in [2.24, 2.45) is 5.92 Å². The van der Waals surface area contributed by atoms with Crippen LogP contribution in [-0.4, -0.2) is 89.0 Å². The number of ether oxygens (including phenoxy) is 2. The lowest BCUT2D eigenvalue weighted by Crippen LogP contribution is -2.52. The van der Waals surface area contributed by atoms with Gasteiger partial charge in [-0.2, -0.15) is 4.31 Å². The minimum Gasteiger partial charge on any atom is -0.497 e. The largest absolute Gasteiger partial charge is 0.497 e. The Bertz CT molecular complexity index is 806. The highest BCUT2D eigenvalue weighted by atomic mass is 32.2. The number of nitrogens with zero attached hydrogens (tertiary/aromatic N) is 3. The molecule has 2 saturated heterocycles. The number of carbonyl (C=O) groups is 1. The molecule has 2 heterocycles. The fourth-order valence-corrected chi connectivity index (χ4v) is 5.47.